The lowest BCUT2D eigenvalue weighted by Gasteiger charge is -2.15. The average Bonchev–Trinajstić information content (AvgIpc) is 2.48. The lowest BCUT2D eigenvalue weighted by atomic mass is 9.97. The standard InChI is InChI=1S/C12H15NO2S/c1-8-7-16(14,15)11-6-4-5-10(12(8)11)9(2)13-3/h4-7,9,13H,1-3H3. The summed E-state index contributed by atoms with van der Waals surface area (Å²) in [4.78, 5) is 0.435. The topological polar surface area (TPSA) is 46.2 Å². The van der Waals surface area contributed by atoms with E-state index in [0.717, 1.165) is 16.7 Å². The van der Waals surface area contributed by atoms with Gasteiger partial charge >= 0.3 is 0 Å². The Bertz CT molecular complexity index is 558. The van der Waals surface area contributed by atoms with Crippen LogP contribution in [0.15, 0.2) is 28.5 Å². The second-order valence-electron chi connectivity index (χ2n) is 4.08. The molecule has 1 N–H and O–H groups in total. The van der Waals surface area contributed by atoms with Crippen molar-refractivity contribution in [2.24, 2.45) is 0 Å². The van der Waals surface area contributed by atoms with E-state index in [1.165, 1.54) is 5.41 Å². The van der Waals surface area contributed by atoms with Crippen molar-refractivity contribution < 1.29 is 8.42 Å². The molecule has 1 aromatic carbocycles. The van der Waals surface area contributed by atoms with Gasteiger partial charge in [-0.05, 0) is 38.1 Å². The lowest BCUT2D eigenvalue weighted by Crippen LogP contribution is -2.14. The van der Waals surface area contributed by atoms with Crippen LogP contribution in [0.5, 0.6) is 0 Å². The van der Waals surface area contributed by atoms with Crippen molar-refractivity contribution in [2.45, 2.75) is 24.8 Å². The van der Waals surface area contributed by atoms with E-state index in [1.54, 1.807) is 12.1 Å². The van der Waals surface area contributed by atoms with Gasteiger partial charge in [0, 0.05) is 17.0 Å². The van der Waals surface area contributed by atoms with E-state index in [9.17, 15) is 8.42 Å². The summed E-state index contributed by atoms with van der Waals surface area (Å²) in [7, 11) is -1.34. The predicted molar refractivity (Wildman–Crippen MR) is 64.8 cm³/mol. The molecule has 86 valence electrons. The average molecular weight is 237 g/mol. The van der Waals surface area contributed by atoms with Gasteiger partial charge in [-0.15, -0.1) is 0 Å². The molecule has 0 aliphatic carbocycles. The Kier molecular flexibility index (Phi) is 2.64. The van der Waals surface area contributed by atoms with Crippen LogP contribution in [-0.2, 0) is 9.84 Å². The fourth-order valence-corrected chi connectivity index (χ4v) is 3.62. The molecule has 0 bridgehead atoms. The number of fused-ring (bicyclic) bond motifs is 1. The van der Waals surface area contributed by atoms with Crippen molar-refractivity contribution in [3.8, 4) is 0 Å². The third-order valence-corrected chi connectivity index (χ3v) is 4.61. The summed E-state index contributed by atoms with van der Waals surface area (Å²) >= 11 is 0. The van der Waals surface area contributed by atoms with Gasteiger partial charge in [0.15, 0.2) is 0 Å². The first-order chi connectivity index (χ1) is 7.47. The van der Waals surface area contributed by atoms with Crippen LogP contribution in [-0.4, -0.2) is 15.5 Å². The molecule has 1 aliphatic rings. The second kappa shape index (κ2) is 3.71. The maximum Gasteiger partial charge on any atom is 0.200 e. The van der Waals surface area contributed by atoms with Gasteiger partial charge < -0.3 is 5.32 Å². The Morgan fingerprint density at radius 3 is 2.62 bits per heavy atom. The van der Waals surface area contributed by atoms with Crippen LogP contribution in [0.3, 0.4) is 0 Å². The van der Waals surface area contributed by atoms with E-state index in [0.29, 0.717) is 4.90 Å². The SMILES string of the molecule is CNC(C)c1cccc2c1C(C)=CS2(=O)=O. The van der Waals surface area contributed by atoms with E-state index in [1.807, 2.05) is 27.0 Å². The molecule has 0 radical (unpaired) electrons. The summed E-state index contributed by atoms with van der Waals surface area (Å²) < 4.78 is 23.7. The first-order valence-corrected chi connectivity index (χ1v) is 6.76. The van der Waals surface area contributed by atoms with Crippen LogP contribution in [0.1, 0.15) is 31.0 Å². The van der Waals surface area contributed by atoms with E-state index < -0.39 is 9.84 Å². The fraction of sp³-hybridized carbons (Fsp3) is 0.333. The van der Waals surface area contributed by atoms with Crippen molar-refractivity contribution in [1.29, 1.82) is 0 Å². The van der Waals surface area contributed by atoms with Crippen LogP contribution in [0.4, 0.5) is 0 Å². The molecule has 4 heteroatoms. The monoisotopic (exact) mass is 237 g/mol. The van der Waals surface area contributed by atoms with E-state index in [2.05, 4.69) is 5.32 Å². The summed E-state index contributed by atoms with van der Waals surface area (Å²) in [6.07, 6.45) is 0. The summed E-state index contributed by atoms with van der Waals surface area (Å²) in [6.45, 7) is 3.86. The fourth-order valence-electron chi connectivity index (χ4n) is 2.08. The summed E-state index contributed by atoms with van der Waals surface area (Å²) in [5.41, 5.74) is 2.73. The molecule has 3 nitrogen and oxygen atoms in total. The Balaban J connectivity index is 2.72. The number of hydrogen-bond acceptors (Lipinski definition) is 3. The molecule has 1 unspecified atom stereocenters. The molecule has 0 saturated carbocycles. The molecule has 1 atom stereocenters. The zero-order chi connectivity index (χ0) is 11.9. The number of allylic oxidation sites excluding steroid dienone is 1. The normalized spacial score (nSPS) is 19.1. The van der Waals surface area contributed by atoms with Gasteiger partial charge in [0.25, 0.3) is 0 Å². The third-order valence-electron chi connectivity index (χ3n) is 2.99. The highest BCUT2D eigenvalue weighted by atomic mass is 32.2. The minimum atomic E-state index is -3.21. The number of nitrogens with one attached hydrogen (secondary N) is 1. The van der Waals surface area contributed by atoms with Gasteiger partial charge in [-0.2, -0.15) is 0 Å². The Hall–Kier alpha value is -1.13. The van der Waals surface area contributed by atoms with Gasteiger partial charge in [-0.1, -0.05) is 12.1 Å². The molecule has 1 heterocycles. The van der Waals surface area contributed by atoms with E-state index in [-0.39, 0.29) is 6.04 Å². The first-order valence-electron chi connectivity index (χ1n) is 5.21. The zero-order valence-electron chi connectivity index (χ0n) is 9.61. The Labute approximate surface area is 96.1 Å². The zero-order valence-corrected chi connectivity index (χ0v) is 10.4. The maximum absolute atomic E-state index is 11.8. The number of sulfone groups is 1. The van der Waals surface area contributed by atoms with Gasteiger partial charge in [0.05, 0.1) is 4.90 Å². The molecule has 1 aliphatic heterocycles. The molecular weight excluding hydrogens is 222 g/mol. The van der Waals surface area contributed by atoms with Crippen molar-refractivity contribution in [2.75, 3.05) is 7.05 Å². The maximum atomic E-state index is 11.8. The van der Waals surface area contributed by atoms with Crippen LogP contribution < -0.4 is 5.32 Å². The minimum Gasteiger partial charge on any atom is -0.313 e. The summed E-state index contributed by atoms with van der Waals surface area (Å²) in [5, 5.41) is 4.49. The molecular formula is C12H15NO2S. The molecule has 0 aromatic heterocycles. The van der Waals surface area contributed by atoms with Crippen LogP contribution >= 0.6 is 0 Å². The molecule has 16 heavy (non-hydrogen) atoms. The quantitative estimate of drug-likeness (QED) is 0.857. The molecule has 0 fully saturated rings. The molecule has 0 amide bonds. The predicted octanol–water partition coefficient (Wildman–Crippen LogP) is 2.12. The highest BCUT2D eigenvalue weighted by Gasteiger charge is 2.27. The third kappa shape index (κ3) is 1.58. The van der Waals surface area contributed by atoms with E-state index >= 15 is 0 Å². The van der Waals surface area contributed by atoms with Gasteiger partial charge in [0.2, 0.25) is 9.84 Å². The first kappa shape index (κ1) is 11.4. The molecule has 1 aromatic rings. The molecule has 0 saturated heterocycles. The summed E-state index contributed by atoms with van der Waals surface area (Å²) in [6, 6.07) is 5.58. The van der Waals surface area contributed by atoms with Crippen molar-refractivity contribution in [3.63, 3.8) is 0 Å². The highest BCUT2D eigenvalue weighted by Crippen LogP contribution is 2.37. The van der Waals surface area contributed by atoms with Crippen LogP contribution in [0, 0.1) is 0 Å². The number of benzene rings is 1. The smallest absolute Gasteiger partial charge is 0.200 e. The van der Waals surface area contributed by atoms with Crippen molar-refractivity contribution in [1.82, 2.24) is 5.32 Å². The second-order valence-corrected chi connectivity index (χ2v) is 5.84. The number of hydrogen-bond donors (Lipinski definition) is 1. The molecule has 2 rings (SSSR count). The van der Waals surface area contributed by atoms with Crippen molar-refractivity contribution >= 4 is 15.4 Å². The van der Waals surface area contributed by atoms with E-state index in [4.69, 9.17) is 0 Å². The largest absolute Gasteiger partial charge is 0.313 e. The number of rotatable bonds is 2. The van der Waals surface area contributed by atoms with Gasteiger partial charge in [0.1, 0.15) is 0 Å². The Morgan fingerprint density at radius 2 is 2.00 bits per heavy atom. The van der Waals surface area contributed by atoms with Crippen LogP contribution in [0.2, 0.25) is 0 Å². The molecule has 0 spiro atoms. The summed E-state index contributed by atoms with van der Waals surface area (Å²) in [5.74, 6) is 0. The lowest BCUT2D eigenvalue weighted by molar-refractivity contribution is 0.604. The van der Waals surface area contributed by atoms with Crippen LogP contribution in [0.25, 0.3) is 5.57 Å². The Morgan fingerprint density at radius 1 is 1.31 bits per heavy atom. The van der Waals surface area contributed by atoms with Gasteiger partial charge in [-0.25, -0.2) is 8.42 Å². The highest BCUT2D eigenvalue weighted by molar-refractivity contribution is 7.95. The van der Waals surface area contributed by atoms with Crippen molar-refractivity contribution in [3.05, 3.63) is 34.7 Å². The minimum absolute atomic E-state index is 0.145. The van der Waals surface area contributed by atoms with Gasteiger partial charge in [-0.3, -0.25) is 0 Å².